The Morgan fingerprint density at radius 1 is 1.14 bits per heavy atom. The van der Waals surface area contributed by atoms with Crippen molar-refractivity contribution in [2.75, 3.05) is 20.3 Å². The first-order valence-electron chi connectivity index (χ1n) is 8.44. The molecular formula is C18H30N2O. The standard InChI is InChI=1S/C18H30N2O/c1-3-4-5-6-10-13-18-15-19(16-20(18,2)21)14-17-11-8-7-9-12-17/h7-9,11-12,18H,3-6,10,13-16H2,1-2H3. The number of nitrogens with zero attached hydrogens (tertiary/aromatic N) is 2. The summed E-state index contributed by atoms with van der Waals surface area (Å²) in [4.78, 5) is 2.32. The number of hydrogen-bond acceptors (Lipinski definition) is 2. The Balaban J connectivity index is 1.78. The van der Waals surface area contributed by atoms with Gasteiger partial charge in [-0.05, 0) is 12.0 Å². The van der Waals surface area contributed by atoms with E-state index >= 15 is 0 Å². The molecule has 0 radical (unpaired) electrons. The molecule has 1 fully saturated rings. The second-order valence-corrected chi connectivity index (χ2v) is 6.67. The summed E-state index contributed by atoms with van der Waals surface area (Å²) in [6.07, 6.45) is 7.50. The molecule has 3 heteroatoms. The van der Waals surface area contributed by atoms with Crippen molar-refractivity contribution in [2.24, 2.45) is 0 Å². The average molecular weight is 290 g/mol. The Hall–Kier alpha value is -0.900. The average Bonchev–Trinajstić information content (AvgIpc) is 2.74. The molecule has 2 unspecified atom stereocenters. The Morgan fingerprint density at radius 2 is 1.86 bits per heavy atom. The fourth-order valence-corrected chi connectivity index (χ4v) is 3.35. The maximum absolute atomic E-state index is 12.7. The largest absolute Gasteiger partial charge is 0.632 e. The number of rotatable bonds is 8. The Bertz CT molecular complexity index is 405. The predicted octanol–water partition coefficient (Wildman–Crippen LogP) is 4.13. The molecule has 0 bridgehead atoms. The van der Waals surface area contributed by atoms with Gasteiger partial charge in [0.1, 0.15) is 12.7 Å². The SMILES string of the molecule is CCCCCCCC1CN(Cc2ccccc2)C[N+]1(C)[O-]. The van der Waals surface area contributed by atoms with E-state index in [0.717, 1.165) is 19.5 Å². The highest BCUT2D eigenvalue weighted by Crippen LogP contribution is 2.25. The first-order chi connectivity index (χ1) is 10.1. The summed E-state index contributed by atoms with van der Waals surface area (Å²) in [7, 11) is 1.85. The van der Waals surface area contributed by atoms with Gasteiger partial charge in [0.25, 0.3) is 0 Å². The van der Waals surface area contributed by atoms with E-state index in [1.54, 1.807) is 0 Å². The first kappa shape index (κ1) is 16.5. The molecule has 3 nitrogen and oxygen atoms in total. The topological polar surface area (TPSA) is 26.3 Å². The molecule has 0 N–H and O–H groups in total. The molecule has 0 spiro atoms. The van der Waals surface area contributed by atoms with Gasteiger partial charge in [-0.3, -0.25) is 0 Å². The van der Waals surface area contributed by atoms with Crippen molar-refractivity contribution in [1.29, 1.82) is 0 Å². The first-order valence-corrected chi connectivity index (χ1v) is 8.44. The monoisotopic (exact) mass is 290 g/mol. The molecule has 118 valence electrons. The molecule has 2 rings (SSSR count). The minimum absolute atomic E-state index is 0.0827. The van der Waals surface area contributed by atoms with Gasteiger partial charge in [0.2, 0.25) is 0 Å². The van der Waals surface area contributed by atoms with Crippen molar-refractivity contribution >= 4 is 0 Å². The summed E-state index contributed by atoms with van der Waals surface area (Å²) in [5.74, 6) is 0. The molecule has 0 aromatic heterocycles. The molecule has 1 aliphatic rings. The number of likely N-dealkylation sites (N-methyl/N-ethyl adjacent to an activating group) is 1. The van der Waals surface area contributed by atoms with Crippen LogP contribution in [0.1, 0.15) is 51.0 Å². The number of hydrogen-bond donors (Lipinski definition) is 0. The van der Waals surface area contributed by atoms with Gasteiger partial charge in [0.05, 0.1) is 13.6 Å². The Morgan fingerprint density at radius 3 is 2.57 bits per heavy atom. The van der Waals surface area contributed by atoms with E-state index in [2.05, 4.69) is 36.1 Å². The van der Waals surface area contributed by atoms with Gasteiger partial charge in [0.15, 0.2) is 0 Å². The number of hydroxylamine groups is 3. The second kappa shape index (κ2) is 7.92. The normalized spacial score (nSPS) is 26.3. The van der Waals surface area contributed by atoms with E-state index in [-0.39, 0.29) is 10.7 Å². The van der Waals surface area contributed by atoms with E-state index in [1.165, 1.54) is 37.7 Å². The molecule has 2 atom stereocenters. The summed E-state index contributed by atoms with van der Waals surface area (Å²) in [5, 5.41) is 12.7. The van der Waals surface area contributed by atoms with Crippen LogP contribution in [0, 0.1) is 5.21 Å². The van der Waals surface area contributed by atoms with Crippen LogP contribution in [0.4, 0.5) is 0 Å². The molecule has 1 aliphatic heterocycles. The Kier molecular flexibility index (Phi) is 6.22. The lowest BCUT2D eigenvalue weighted by atomic mass is 10.1. The van der Waals surface area contributed by atoms with Crippen molar-refractivity contribution in [3.8, 4) is 0 Å². The maximum Gasteiger partial charge on any atom is 0.135 e. The number of quaternary nitrogens is 1. The van der Waals surface area contributed by atoms with E-state index in [9.17, 15) is 5.21 Å². The van der Waals surface area contributed by atoms with Gasteiger partial charge in [-0.2, -0.15) is 0 Å². The van der Waals surface area contributed by atoms with Gasteiger partial charge in [-0.25, -0.2) is 4.90 Å². The molecule has 1 saturated heterocycles. The highest BCUT2D eigenvalue weighted by Gasteiger charge is 2.35. The third kappa shape index (κ3) is 5.10. The van der Waals surface area contributed by atoms with E-state index in [4.69, 9.17) is 0 Å². The van der Waals surface area contributed by atoms with Crippen LogP contribution in [0.5, 0.6) is 0 Å². The summed E-state index contributed by atoms with van der Waals surface area (Å²) in [6.45, 7) is 4.73. The van der Waals surface area contributed by atoms with E-state index in [0.29, 0.717) is 6.67 Å². The van der Waals surface area contributed by atoms with Crippen LogP contribution in [-0.4, -0.2) is 35.8 Å². The smallest absolute Gasteiger partial charge is 0.135 e. The predicted molar refractivity (Wildman–Crippen MR) is 88.4 cm³/mol. The third-order valence-electron chi connectivity index (χ3n) is 4.61. The van der Waals surface area contributed by atoms with Crippen molar-refractivity contribution < 1.29 is 4.65 Å². The van der Waals surface area contributed by atoms with Crippen LogP contribution in [-0.2, 0) is 6.54 Å². The number of benzene rings is 1. The zero-order valence-corrected chi connectivity index (χ0v) is 13.6. The highest BCUT2D eigenvalue weighted by molar-refractivity contribution is 5.14. The lowest BCUT2D eigenvalue weighted by Crippen LogP contribution is -2.43. The molecule has 1 heterocycles. The molecule has 1 aromatic rings. The van der Waals surface area contributed by atoms with Gasteiger partial charge in [-0.15, -0.1) is 0 Å². The van der Waals surface area contributed by atoms with Crippen LogP contribution < -0.4 is 0 Å². The fraction of sp³-hybridized carbons (Fsp3) is 0.667. The van der Waals surface area contributed by atoms with E-state index in [1.807, 2.05) is 13.1 Å². The molecule has 0 amide bonds. The van der Waals surface area contributed by atoms with Crippen LogP contribution >= 0.6 is 0 Å². The second-order valence-electron chi connectivity index (χ2n) is 6.67. The fourth-order valence-electron chi connectivity index (χ4n) is 3.35. The molecule has 0 saturated carbocycles. The summed E-state index contributed by atoms with van der Waals surface area (Å²) >= 11 is 0. The van der Waals surface area contributed by atoms with E-state index < -0.39 is 0 Å². The number of unbranched alkanes of at least 4 members (excludes halogenated alkanes) is 4. The highest BCUT2D eigenvalue weighted by atomic mass is 16.6. The van der Waals surface area contributed by atoms with Gasteiger partial charge in [0, 0.05) is 13.0 Å². The summed E-state index contributed by atoms with van der Waals surface area (Å²) < 4.78 is -0.0827. The summed E-state index contributed by atoms with van der Waals surface area (Å²) in [6, 6.07) is 10.7. The van der Waals surface area contributed by atoms with Crippen LogP contribution in [0.2, 0.25) is 0 Å². The van der Waals surface area contributed by atoms with Crippen molar-refractivity contribution in [3.63, 3.8) is 0 Å². The molecule has 1 aromatic carbocycles. The quantitative estimate of drug-likeness (QED) is 0.409. The molecule has 21 heavy (non-hydrogen) atoms. The maximum atomic E-state index is 12.7. The molecular weight excluding hydrogens is 260 g/mol. The zero-order chi connectivity index (χ0) is 15.1. The summed E-state index contributed by atoms with van der Waals surface area (Å²) in [5.41, 5.74) is 1.31. The van der Waals surface area contributed by atoms with Gasteiger partial charge >= 0.3 is 0 Å². The van der Waals surface area contributed by atoms with Gasteiger partial charge in [-0.1, -0.05) is 62.9 Å². The minimum Gasteiger partial charge on any atom is -0.632 e. The lowest BCUT2D eigenvalue weighted by Gasteiger charge is -2.39. The van der Waals surface area contributed by atoms with Gasteiger partial charge < -0.3 is 9.85 Å². The third-order valence-corrected chi connectivity index (χ3v) is 4.61. The van der Waals surface area contributed by atoms with Crippen LogP contribution in [0.25, 0.3) is 0 Å². The van der Waals surface area contributed by atoms with Crippen LogP contribution in [0.15, 0.2) is 30.3 Å². The van der Waals surface area contributed by atoms with Crippen molar-refractivity contribution in [2.45, 2.75) is 58.0 Å². The zero-order valence-electron chi connectivity index (χ0n) is 13.6. The lowest BCUT2D eigenvalue weighted by molar-refractivity contribution is -0.877. The minimum atomic E-state index is -0.0827. The van der Waals surface area contributed by atoms with Crippen molar-refractivity contribution in [3.05, 3.63) is 41.1 Å². The van der Waals surface area contributed by atoms with Crippen molar-refractivity contribution in [1.82, 2.24) is 4.90 Å². The molecule has 0 aliphatic carbocycles. The van der Waals surface area contributed by atoms with Crippen LogP contribution in [0.3, 0.4) is 0 Å². The Labute approximate surface area is 129 Å².